The summed E-state index contributed by atoms with van der Waals surface area (Å²) in [5.74, 6) is 0.289. The summed E-state index contributed by atoms with van der Waals surface area (Å²) in [6.07, 6.45) is 5.44. The molecule has 2 heterocycles. The molecular weight excluding hydrogens is 304 g/mol. The average molecular weight is 326 g/mol. The van der Waals surface area contributed by atoms with Crippen LogP contribution >= 0.6 is 0 Å². The predicted molar refractivity (Wildman–Crippen MR) is 93.4 cm³/mol. The first-order valence-corrected chi connectivity index (χ1v) is 8.18. The molecule has 2 aromatic rings. The number of hydrogen-bond donors (Lipinski definition) is 2. The van der Waals surface area contributed by atoms with Crippen LogP contribution in [0.5, 0.6) is 0 Å². The van der Waals surface area contributed by atoms with E-state index in [9.17, 15) is 4.79 Å². The van der Waals surface area contributed by atoms with E-state index in [0.29, 0.717) is 18.1 Å². The first kappa shape index (κ1) is 16.4. The molecule has 1 aliphatic heterocycles. The van der Waals surface area contributed by atoms with Gasteiger partial charge >= 0.3 is 0 Å². The summed E-state index contributed by atoms with van der Waals surface area (Å²) < 4.78 is 5.54. The van der Waals surface area contributed by atoms with Crippen LogP contribution < -0.4 is 10.6 Å². The van der Waals surface area contributed by atoms with Crippen LogP contribution in [0.3, 0.4) is 0 Å². The SMILES string of the molecule is Cc1ccc(NC(=O)c2cnc(NCC3CCCO3)nc2)cc1C. The highest BCUT2D eigenvalue weighted by atomic mass is 16.5. The van der Waals surface area contributed by atoms with Crippen molar-refractivity contribution in [2.24, 2.45) is 0 Å². The number of benzene rings is 1. The molecule has 0 bridgehead atoms. The quantitative estimate of drug-likeness (QED) is 0.883. The number of anilines is 2. The minimum atomic E-state index is -0.219. The number of amides is 1. The van der Waals surface area contributed by atoms with Gasteiger partial charge in [-0.3, -0.25) is 4.79 Å². The Balaban J connectivity index is 1.57. The number of rotatable bonds is 5. The smallest absolute Gasteiger partial charge is 0.258 e. The summed E-state index contributed by atoms with van der Waals surface area (Å²) in [6, 6.07) is 5.82. The van der Waals surface area contributed by atoms with Gasteiger partial charge < -0.3 is 15.4 Å². The van der Waals surface area contributed by atoms with E-state index < -0.39 is 0 Å². The van der Waals surface area contributed by atoms with E-state index in [1.165, 1.54) is 18.0 Å². The number of ether oxygens (including phenoxy) is 1. The molecule has 1 saturated heterocycles. The van der Waals surface area contributed by atoms with Crippen LogP contribution in [-0.4, -0.2) is 35.1 Å². The zero-order valence-electron chi connectivity index (χ0n) is 14.0. The van der Waals surface area contributed by atoms with Crippen LogP contribution in [0.4, 0.5) is 11.6 Å². The molecule has 24 heavy (non-hydrogen) atoms. The highest BCUT2D eigenvalue weighted by Gasteiger charge is 2.15. The Bertz CT molecular complexity index is 709. The van der Waals surface area contributed by atoms with E-state index in [4.69, 9.17) is 4.74 Å². The molecule has 1 aromatic heterocycles. The maximum atomic E-state index is 12.3. The van der Waals surface area contributed by atoms with E-state index in [0.717, 1.165) is 30.7 Å². The highest BCUT2D eigenvalue weighted by Crippen LogP contribution is 2.15. The molecule has 0 saturated carbocycles. The molecule has 1 atom stereocenters. The Labute approximate surface area is 141 Å². The largest absolute Gasteiger partial charge is 0.376 e. The Morgan fingerprint density at radius 1 is 1.25 bits per heavy atom. The van der Waals surface area contributed by atoms with Crippen molar-refractivity contribution in [2.45, 2.75) is 32.8 Å². The normalized spacial score (nSPS) is 16.8. The minimum Gasteiger partial charge on any atom is -0.376 e. The second-order valence-electron chi connectivity index (χ2n) is 6.06. The monoisotopic (exact) mass is 326 g/mol. The van der Waals surface area contributed by atoms with Crippen LogP contribution in [0.25, 0.3) is 0 Å². The maximum Gasteiger partial charge on any atom is 0.258 e. The molecule has 1 amide bonds. The van der Waals surface area contributed by atoms with Gasteiger partial charge in [0.05, 0.1) is 11.7 Å². The standard InChI is InChI=1S/C18H22N4O2/c1-12-5-6-15(8-13(12)2)22-17(23)14-9-19-18(20-10-14)21-11-16-4-3-7-24-16/h5-6,8-10,16H,3-4,7,11H2,1-2H3,(H,22,23)(H,19,20,21). The molecule has 6 nitrogen and oxygen atoms in total. The number of nitrogens with one attached hydrogen (secondary N) is 2. The van der Waals surface area contributed by atoms with Crippen LogP contribution in [0.15, 0.2) is 30.6 Å². The van der Waals surface area contributed by atoms with Gasteiger partial charge in [0.25, 0.3) is 5.91 Å². The van der Waals surface area contributed by atoms with E-state index in [-0.39, 0.29) is 12.0 Å². The van der Waals surface area contributed by atoms with E-state index >= 15 is 0 Å². The second kappa shape index (κ2) is 7.40. The Kier molecular flexibility index (Phi) is 5.05. The Morgan fingerprint density at radius 3 is 2.71 bits per heavy atom. The molecular formula is C18H22N4O2. The van der Waals surface area contributed by atoms with Crippen LogP contribution in [-0.2, 0) is 4.74 Å². The lowest BCUT2D eigenvalue weighted by molar-refractivity contribution is 0.102. The van der Waals surface area contributed by atoms with Gasteiger partial charge in [-0.25, -0.2) is 9.97 Å². The van der Waals surface area contributed by atoms with Gasteiger partial charge in [-0.15, -0.1) is 0 Å². The van der Waals surface area contributed by atoms with Gasteiger partial charge in [0.1, 0.15) is 0 Å². The lowest BCUT2D eigenvalue weighted by Gasteiger charge is -2.11. The topological polar surface area (TPSA) is 76.1 Å². The van der Waals surface area contributed by atoms with Crippen molar-refractivity contribution in [3.05, 3.63) is 47.3 Å². The minimum absolute atomic E-state index is 0.219. The molecule has 1 fully saturated rings. The van der Waals surface area contributed by atoms with Gasteiger partial charge in [-0.1, -0.05) is 6.07 Å². The third-order valence-corrected chi connectivity index (χ3v) is 4.19. The number of hydrogen-bond acceptors (Lipinski definition) is 5. The number of carbonyl (C=O) groups is 1. The molecule has 2 N–H and O–H groups in total. The fraction of sp³-hybridized carbons (Fsp3) is 0.389. The molecule has 1 aromatic carbocycles. The van der Waals surface area contributed by atoms with Crippen molar-refractivity contribution in [1.29, 1.82) is 0 Å². The zero-order valence-corrected chi connectivity index (χ0v) is 14.0. The van der Waals surface area contributed by atoms with E-state index in [1.807, 2.05) is 32.0 Å². The van der Waals surface area contributed by atoms with Crippen LogP contribution in [0, 0.1) is 13.8 Å². The van der Waals surface area contributed by atoms with Gasteiger partial charge in [-0.2, -0.15) is 0 Å². The Morgan fingerprint density at radius 2 is 2.04 bits per heavy atom. The fourth-order valence-electron chi connectivity index (χ4n) is 2.57. The second-order valence-corrected chi connectivity index (χ2v) is 6.06. The first-order valence-electron chi connectivity index (χ1n) is 8.18. The predicted octanol–water partition coefficient (Wildman–Crippen LogP) is 2.94. The number of aryl methyl sites for hydroxylation is 2. The lowest BCUT2D eigenvalue weighted by atomic mass is 10.1. The summed E-state index contributed by atoms with van der Waals surface area (Å²) in [5.41, 5.74) is 3.52. The first-order chi connectivity index (χ1) is 11.6. The summed E-state index contributed by atoms with van der Waals surface area (Å²) in [5, 5.41) is 6.00. The van der Waals surface area contributed by atoms with Crippen molar-refractivity contribution in [3.63, 3.8) is 0 Å². The van der Waals surface area contributed by atoms with Gasteiger partial charge in [0, 0.05) is 31.2 Å². The average Bonchev–Trinajstić information content (AvgIpc) is 3.10. The highest BCUT2D eigenvalue weighted by molar-refractivity contribution is 6.03. The molecule has 0 radical (unpaired) electrons. The Hall–Kier alpha value is -2.47. The number of carbonyl (C=O) groups excluding carboxylic acids is 1. The summed E-state index contributed by atoms with van der Waals surface area (Å²) >= 11 is 0. The lowest BCUT2D eigenvalue weighted by Crippen LogP contribution is -2.20. The van der Waals surface area contributed by atoms with Crippen molar-refractivity contribution in [2.75, 3.05) is 23.8 Å². The number of nitrogens with zero attached hydrogens (tertiary/aromatic N) is 2. The van der Waals surface area contributed by atoms with Crippen molar-refractivity contribution < 1.29 is 9.53 Å². The molecule has 6 heteroatoms. The van der Waals surface area contributed by atoms with Crippen molar-refractivity contribution >= 4 is 17.5 Å². The van der Waals surface area contributed by atoms with Gasteiger partial charge in [-0.05, 0) is 49.9 Å². The zero-order chi connectivity index (χ0) is 16.9. The maximum absolute atomic E-state index is 12.3. The molecule has 126 valence electrons. The third kappa shape index (κ3) is 4.08. The summed E-state index contributed by atoms with van der Waals surface area (Å²) in [6.45, 7) is 5.57. The van der Waals surface area contributed by atoms with Gasteiger partial charge in [0.15, 0.2) is 0 Å². The fourth-order valence-corrected chi connectivity index (χ4v) is 2.57. The third-order valence-electron chi connectivity index (χ3n) is 4.19. The van der Waals surface area contributed by atoms with Crippen LogP contribution in [0.2, 0.25) is 0 Å². The summed E-state index contributed by atoms with van der Waals surface area (Å²) in [4.78, 5) is 20.6. The van der Waals surface area contributed by atoms with Crippen molar-refractivity contribution in [1.82, 2.24) is 9.97 Å². The van der Waals surface area contributed by atoms with Crippen LogP contribution in [0.1, 0.15) is 34.3 Å². The number of aromatic nitrogens is 2. The van der Waals surface area contributed by atoms with Gasteiger partial charge in [0.2, 0.25) is 5.95 Å². The molecule has 1 unspecified atom stereocenters. The van der Waals surface area contributed by atoms with Crippen molar-refractivity contribution in [3.8, 4) is 0 Å². The molecule has 0 spiro atoms. The van der Waals surface area contributed by atoms with E-state index in [2.05, 4.69) is 20.6 Å². The molecule has 3 rings (SSSR count). The molecule has 1 aliphatic rings. The van der Waals surface area contributed by atoms with E-state index in [1.54, 1.807) is 0 Å². The molecule has 0 aliphatic carbocycles. The summed E-state index contributed by atoms with van der Waals surface area (Å²) in [7, 11) is 0.